The minimum absolute atomic E-state index is 0.0370. The van der Waals surface area contributed by atoms with E-state index in [0.29, 0.717) is 0 Å². The second-order valence-electron chi connectivity index (χ2n) is 8.32. The van der Waals surface area contributed by atoms with E-state index in [1.807, 2.05) is 13.0 Å². The van der Waals surface area contributed by atoms with Gasteiger partial charge in [-0.25, -0.2) is 0 Å². The van der Waals surface area contributed by atoms with E-state index < -0.39 is 0 Å². The predicted octanol–water partition coefficient (Wildman–Crippen LogP) is 2.09. The highest BCUT2D eigenvalue weighted by Crippen LogP contribution is 2.28. The zero-order chi connectivity index (χ0) is 18.2. The van der Waals surface area contributed by atoms with Crippen LogP contribution in [-0.4, -0.2) is 67.1 Å². The molecule has 3 fully saturated rings. The Bertz CT molecular complexity index is 569. The molecule has 0 unspecified atom stereocenters. The van der Waals surface area contributed by atoms with Crippen LogP contribution in [-0.2, 0) is 0 Å². The highest BCUT2D eigenvalue weighted by Gasteiger charge is 2.25. The smallest absolute Gasteiger partial charge is 0.248 e. The molecule has 4 rings (SSSR count). The molecule has 1 aliphatic carbocycles. The van der Waals surface area contributed by atoms with Crippen LogP contribution in [0.3, 0.4) is 0 Å². The van der Waals surface area contributed by atoms with Crippen LogP contribution in [0.5, 0.6) is 0 Å². The number of piperidine rings is 1. The molecule has 3 aliphatic rings. The molecule has 1 saturated carbocycles. The van der Waals surface area contributed by atoms with Crippen molar-refractivity contribution in [2.75, 3.05) is 52.4 Å². The lowest BCUT2D eigenvalue weighted by atomic mass is 9.84. The first kappa shape index (κ1) is 19.6. The summed E-state index contributed by atoms with van der Waals surface area (Å²) in [7, 11) is 0. The summed E-state index contributed by atoms with van der Waals surface area (Å²) in [5, 5.41) is 3.44. The summed E-state index contributed by atoms with van der Waals surface area (Å²) < 4.78 is 0. The molecule has 0 atom stereocenters. The zero-order valence-corrected chi connectivity index (χ0v) is 16.4. The molecular formula is C21H36N4O. The van der Waals surface area contributed by atoms with Crippen LogP contribution in [0.4, 0.5) is 0 Å². The lowest BCUT2D eigenvalue weighted by Crippen LogP contribution is -2.47. The fourth-order valence-corrected chi connectivity index (χ4v) is 4.20. The van der Waals surface area contributed by atoms with Crippen molar-refractivity contribution in [3.05, 3.63) is 34.2 Å². The Morgan fingerprint density at radius 3 is 2.08 bits per heavy atom. The van der Waals surface area contributed by atoms with Crippen LogP contribution < -0.4 is 10.9 Å². The second kappa shape index (κ2) is 10.2. The normalized spacial score (nSPS) is 23.1. The highest BCUT2D eigenvalue weighted by atomic mass is 16.1. The van der Waals surface area contributed by atoms with Gasteiger partial charge in [0.1, 0.15) is 0 Å². The SMILES string of the molecule is C1CC(CN2CCC(CN3CCNCC3)CC2)C1.Cc1cc[nH]c(=O)c1. The number of nitrogens with one attached hydrogen (secondary N) is 2. The standard InChI is InChI=1S/C15H29N3.C6H7NO/c1-2-14(3-1)12-17-8-4-15(5-9-17)13-18-10-6-16-7-11-18;1-5-2-3-7-6(8)4-5/h14-16H,1-13H2;2-4H,1H3,(H,7,8). The number of aryl methyl sites for hydroxylation is 1. The zero-order valence-electron chi connectivity index (χ0n) is 16.4. The van der Waals surface area contributed by atoms with E-state index in [0.717, 1.165) is 17.4 Å². The van der Waals surface area contributed by atoms with Crippen molar-refractivity contribution < 1.29 is 0 Å². The Morgan fingerprint density at radius 2 is 1.58 bits per heavy atom. The number of nitrogens with zero attached hydrogens (tertiary/aromatic N) is 2. The Kier molecular flexibility index (Phi) is 7.71. The Labute approximate surface area is 158 Å². The maximum atomic E-state index is 10.4. The van der Waals surface area contributed by atoms with Crippen LogP contribution in [0.25, 0.3) is 0 Å². The summed E-state index contributed by atoms with van der Waals surface area (Å²) in [6.07, 6.45) is 9.01. The van der Waals surface area contributed by atoms with Gasteiger partial charge in [-0.2, -0.15) is 0 Å². The maximum Gasteiger partial charge on any atom is 0.248 e. The molecule has 1 aromatic heterocycles. The maximum absolute atomic E-state index is 10.4. The van der Waals surface area contributed by atoms with Crippen molar-refractivity contribution in [3.63, 3.8) is 0 Å². The van der Waals surface area contributed by atoms with Crippen LogP contribution in [0.1, 0.15) is 37.7 Å². The fourth-order valence-electron chi connectivity index (χ4n) is 4.20. The molecule has 5 heteroatoms. The first-order valence-corrected chi connectivity index (χ1v) is 10.5. The number of H-pyrrole nitrogens is 1. The van der Waals surface area contributed by atoms with Crippen molar-refractivity contribution in [1.82, 2.24) is 20.1 Å². The van der Waals surface area contributed by atoms with Crippen molar-refractivity contribution >= 4 is 0 Å². The molecule has 2 aliphatic heterocycles. The van der Waals surface area contributed by atoms with Gasteiger partial charge in [0.25, 0.3) is 0 Å². The van der Waals surface area contributed by atoms with Gasteiger partial charge in [0.05, 0.1) is 0 Å². The molecule has 0 aromatic carbocycles. The third-order valence-corrected chi connectivity index (χ3v) is 6.10. The molecule has 26 heavy (non-hydrogen) atoms. The van der Waals surface area contributed by atoms with Crippen molar-refractivity contribution in [2.24, 2.45) is 11.8 Å². The summed E-state index contributed by atoms with van der Waals surface area (Å²) in [6, 6.07) is 3.40. The number of aromatic nitrogens is 1. The largest absolute Gasteiger partial charge is 0.329 e. The Balaban J connectivity index is 0.000000206. The van der Waals surface area contributed by atoms with Crippen LogP contribution in [0.15, 0.2) is 23.1 Å². The summed E-state index contributed by atoms with van der Waals surface area (Å²) >= 11 is 0. The fraction of sp³-hybridized carbons (Fsp3) is 0.762. The van der Waals surface area contributed by atoms with Gasteiger partial charge >= 0.3 is 0 Å². The van der Waals surface area contributed by atoms with Crippen LogP contribution >= 0.6 is 0 Å². The molecular weight excluding hydrogens is 324 g/mol. The van der Waals surface area contributed by atoms with E-state index in [9.17, 15) is 4.79 Å². The number of likely N-dealkylation sites (tertiary alicyclic amines) is 1. The Hall–Kier alpha value is -1.17. The second-order valence-corrected chi connectivity index (χ2v) is 8.32. The van der Waals surface area contributed by atoms with Gasteiger partial charge in [-0.1, -0.05) is 6.42 Å². The summed E-state index contributed by atoms with van der Waals surface area (Å²) in [5.74, 6) is 2.02. The van der Waals surface area contributed by atoms with E-state index in [1.165, 1.54) is 84.5 Å². The number of pyridine rings is 1. The summed E-state index contributed by atoms with van der Waals surface area (Å²) in [5.41, 5.74) is 0.957. The summed E-state index contributed by atoms with van der Waals surface area (Å²) in [6.45, 7) is 12.3. The van der Waals surface area contributed by atoms with E-state index >= 15 is 0 Å². The molecule has 2 saturated heterocycles. The lowest BCUT2D eigenvalue weighted by Gasteiger charge is -2.39. The van der Waals surface area contributed by atoms with Gasteiger partial charge in [0.2, 0.25) is 5.56 Å². The Morgan fingerprint density at radius 1 is 0.962 bits per heavy atom. The molecule has 5 nitrogen and oxygen atoms in total. The average molecular weight is 361 g/mol. The number of hydrogen-bond donors (Lipinski definition) is 2. The minimum Gasteiger partial charge on any atom is -0.329 e. The van der Waals surface area contributed by atoms with Gasteiger partial charge in [-0.05, 0) is 69.2 Å². The van der Waals surface area contributed by atoms with Crippen molar-refractivity contribution in [3.8, 4) is 0 Å². The topological polar surface area (TPSA) is 51.4 Å². The minimum atomic E-state index is -0.0370. The number of aromatic amines is 1. The third-order valence-electron chi connectivity index (χ3n) is 6.10. The first-order valence-electron chi connectivity index (χ1n) is 10.5. The number of hydrogen-bond acceptors (Lipinski definition) is 4. The highest BCUT2D eigenvalue weighted by molar-refractivity contribution is 5.06. The molecule has 146 valence electrons. The lowest BCUT2D eigenvalue weighted by molar-refractivity contribution is 0.108. The molecule has 0 bridgehead atoms. The van der Waals surface area contributed by atoms with E-state index in [4.69, 9.17) is 0 Å². The van der Waals surface area contributed by atoms with Gasteiger partial charge < -0.3 is 20.1 Å². The van der Waals surface area contributed by atoms with Crippen molar-refractivity contribution in [1.29, 1.82) is 0 Å². The van der Waals surface area contributed by atoms with Gasteiger partial charge in [0.15, 0.2) is 0 Å². The van der Waals surface area contributed by atoms with Crippen LogP contribution in [0, 0.1) is 18.8 Å². The van der Waals surface area contributed by atoms with Crippen LogP contribution in [0.2, 0.25) is 0 Å². The predicted molar refractivity (Wildman–Crippen MR) is 108 cm³/mol. The molecule has 2 N–H and O–H groups in total. The first-order chi connectivity index (χ1) is 12.7. The molecule has 3 heterocycles. The molecule has 0 amide bonds. The van der Waals surface area contributed by atoms with Gasteiger partial charge in [0, 0.05) is 51.5 Å². The number of piperazine rings is 1. The van der Waals surface area contributed by atoms with Crippen molar-refractivity contribution in [2.45, 2.75) is 39.0 Å². The molecule has 0 spiro atoms. The number of rotatable bonds is 4. The van der Waals surface area contributed by atoms with E-state index in [1.54, 1.807) is 12.3 Å². The molecule has 0 radical (unpaired) electrons. The van der Waals surface area contributed by atoms with Gasteiger partial charge in [-0.3, -0.25) is 4.79 Å². The molecule has 1 aromatic rings. The average Bonchev–Trinajstić information content (AvgIpc) is 2.61. The van der Waals surface area contributed by atoms with E-state index in [2.05, 4.69) is 20.1 Å². The van der Waals surface area contributed by atoms with E-state index in [-0.39, 0.29) is 5.56 Å². The van der Waals surface area contributed by atoms with Gasteiger partial charge in [-0.15, -0.1) is 0 Å². The third kappa shape index (κ3) is 6.53. The quantitative estimate of drug-likeness (QED) is 0.863. The monoisotopic (exact) mass is 360 g/mol. The summed E-state index contributed by atoms with van der Waals surface area (Å²) in [4.78, 5) is 18.4.